The third-order valence-electron chi connectivity index (χ3n) is 4.09. The van der Waals surface area contributed by atoms with Gasteiger partial charge in [-0.1, -0.05) is 12.1 Å². The SMILES string of the molecule is O=[N+]([O-])c1cc(N2CCOCC2)ccc1Sc1nc2ccccc2[nH]1. The van der Waals surface area contributed by atoms with Crippen LogP contribution in [0.2, 0.25) is 0 Å². The van der Waals surface area contributed by atoms with Gasteiger partial charge in [0.2, 0.25) is 0 Å². The molecule has 0 radical (unpaired) electrons. The van der Waals surface area contributed by atoms with E-state index in [9.17, 15) is 10.1 Å². The molecule has 1 N–H and O–H groups in total. The molecule has 2 aromatic carbocycles. The normalized spacial score (nSPS) is 14.8. The average Bonchev–Trinajstić information content (AvgIpc) is 3.05. The Morgan fingerprint density at radius 2 is 2.00 bits per heavy atom. The molecule has 0 aliphatic carbocycles. The lowest BCUT2D eigenvalue weighted by atomic mass is 10.2. The van der Waals surface area contributed by atoms with E-state index >= 15 is 0 Å². The van der Waals surface area contributed by atoms with Crippen LogP contribution in [-0.4, -0.2) is 41.2 Å². The monoisotopic (exact) mass is 356 g/mol. The van der Waals surface area contributed by atoms with Crippen LogP contribution in [-0.2, 0) is 4.74 Å². The van der Waals surface area contributed by atoms with Crippen molar-refractivity contribution in [1.82, 2.24) is 9.97 Å². The predicted molar refractivity (Wildman–Crippen MR) is 96.3 cm³/mol. The number of aromatic amines is 1. The molecule has 0 unspecified atom stereocenters. The first-order chi connectivity index (χ1) is 12.2. The van der Waals surface area contributed by atoms with E-state index in [0.717, 1.165) is 29.8 Å². The van der Waals surface area contributed by atoms with E-state index in [0.29, 0.717) is 23.3 Å². The molecule has 1 aromatic heterocycles. The molecule has 0 bridgehead atoms. The maximum atomic E-state index is 11.5. The molecule has 0 saturated carbocycles. The number of benzene rings is 2. The Balaban J connectivity index is 1.65. The van der Waals surface area contributed by atoms with Crippen molar-refractivity contribution in [3.63, 3.8) is 0 Å². The van der Waals surface area contributed by atoms with Gasteiger partial charge in [-0.05, 0) is 36.0 Å². The number of imidazole rings is 1. The van der Waals surface area contributed by atoms with Gasteiger partial charge in [0, 0.05) is 24.8 Å². The van der Waals surface area contributed by atoms with Gasteiger partial charge in [0.1, 0.15) is 0 Å². The number of aromatic nitrogens is 2. The van der Waals surface area contributed by atoms with Crippen LogP contribution in [0.4, 0.5) is 11.4 Å². The number of nitrogens with one attached hydrogen (secondary N) is 1. The molecule has 8 heteroatoms. The first-order valence-corrected chi connectivity index (χ1v) is 8.76. The van der Waals surface area contributed by atoms with Crippen molar-refractivity contribution in [1.29, 1.82) is 0 Å². The molecule has 25 heavy (non-hydrogen) atoms. The summed E-state index contributed by atoms with van der Waals surface area (Å²) in [6.45, 7) is 2.77. The second-order valence-electron chi connectivity index (χ2n) is 5.67. The Bertz CT molecular complexity index is 888. The summed E-state index contributed by atoms with van der Waals surface area (Å²) in [6.07, 6.45) is 0. The van der Waals surface area contributed by atoms with Gasteiger partial charge in [-0.25, -0.2) is 4.98 Å². The summed E-state index contributed by atoms with van der Waals surface area (Å²) < 4.78 is 5.34. The van der Waals surface area contributed by atoms with Crippen molar-refractivity contribution in [2.45, 2.75) is 10.1 Å². The van der Waals surface area contributed by atoms with Crippen molar-refractivity contribution in [2.75, 3.05) is 31.2 Å². The van der Waals surface area contributed by atoms with Crippen LogP contribution in [0.15, 0.2) is 52.5 Å². The van der Waals surface area contributed by atoms with E-state index in [-0.39, 0.29) is 10.6 Å². The van der Waals surface area contributed by atoms with Crippen LogP contribution < -0.4 is 4.90 Å². The minimum atomic E-state index is -0.338. The largest absolute Gasteiger partial charge is 0.378 e. The summed E-state index contributed by atoms with van der Waals surface area (Å²) in [5, 5.41) is 12.2. The van der Waals surface area contributed by atoms with Crippen molar-refractivity contribution in [3.8, 4) is 0 Å². The highest BCUT2D eigenvalue weighted by atomic mass is 32.2. The van der Waals surface area contributed by atoms with E-state index in [1.807, 2.05) is 30.3 Å². The molecule has 0 atom stereocenters. The molecule has 1 aliphatic heterocycles. The predicted octanol–water partition coefficient (Wildman–Crippen LogP) is 3.46. The molecular weight excluding hydrogens is 340 g/mol. The van der Waals surface area contributed by atoms with Gasteiger partial charge in [-0.3, -0.25) is 10.1 Å². The van der Waals surface area contributed by atoms with Crippen LogP contribution in [0.1, 0.15) is 0 Å². The second kappa shape index (κ2) is 6.73. The zero-order chi connectivity index (χ0) is 17.2. The van der Waals surface area contributed by atoms with Gasteiger partial charge in [0.05, 0.1) is 34.1 Å². The molecule has 3 aromatic rings. The molecule has 1 aliphatic rings. The lowest BCUT2D eigenvalue weighted by molar-refractivity contribution is -0.387. The number of nitro benzene ring substituents is 1. The number of rotatable bonds is 4. The summed E-state index contributed by atoms with van der Waals surface area (Å²) in [5.41, 5.74) is 2.70. The first kappa shape index (κ1) is 15.9. The number of hydrogen-bond acceptors (Lipinski definition) is 6. The Morgan fingerprint density at radius 1 is 1.20 bits per heavy atom. The number of nitro groups is 1. The highest BCUT2D eigenvalue weighted by molar-refractivity contribution is 7.99. The van der Waals surface area contributed by atoms with Crippen molar-refractivity contribution >= 4 is 34.2 Å². The minimum Gasteiger partial charge on any atom is -0.378 e. The van der Waals surface area contributed by atoms with E-state index in [1.54, 1.807) is 12.1 Å². The third-order valence-corrected chi connectivity index (χ3v) is 5.04. The lowest BCUT2D eigenvalue weighted by Gasteiger charge is -2.28. The molecule has 128 valence electrons. The summed E-state index contributed by atoms with van der Waals surface area (Å²) >= 11 is 1.27. The molecule has 2 heterocycles. The number of hydrogen-bond donors (Lipinski definition) is 1. The fourth-order valence-electron chi connectivity index (χ4n) is 2.83. The van der Waals surface area contributed by atoms with Crippen molar-refractivity contribution < 1.29 is 9.66 Å². The molecule has 0 amide bonds. The van der Waals surface area contributed by atoms with Crippen LogP contribution in [0.5, 0.6) is 0 Å². The topological polar surface area (TPSA) is 84.3 Å². The van der Waals surface area contributed by atoms with Crippen LogP contribution in [0.25, 0.3) is 11.0 Å². The summed E-state index contributed by atoms with van der Waals surface area (Å²) in [5.74, 6) is 0. The Morgan fingerprint density at radius 3 is 2.76 bits per heavy atom. The van der Waals surface area contributed by atoms with Gasteiger partial charge >= 0.3 is 0 Å². The van der Waals surface area contributed by atoms with Gasteiger partial charge in [-0.2, -0.15) is 0 Å². The zero-order valence-corrected chi connectivity index (χ0v) is 14.2. The molecule has 1 saturated heterocycles. The number of nitrogens with zero attached hydrogens (tertiary/aromatic N) is 3. The van der Waals surface area contributed by atoms with Crippen molar-refractivity contribution in [2.24, 2.45) is 0 Å². The summed E-state index contributed by atoms with van der Waals surface area (Å²) in [7, 11) is 0. The van der Waals surface area contributed by atoms with Crippen LogP contribution in [0.3, 0.4) is 0 Å². The number of morpholine rings is 1. The van der Waals surface area contributed by atoms with Gasteiger partial charge in [-0.15, -0.1) is 0 Å². The molecule has 4 rings (SSSR count). The van der Waals surface area contributed by atoms with E-state index in [1.165, 1.54) is 11.8 Å². The number of para-hydroxylation sites is 2. The Kier molecular flexibility index (Phi) is 4.29. The smallest absolute Gasteiger partial charge is 0.285 e. The van der Waals surface area contributed by atoms with Crippen LogP contribution >= 0.6 is 11.8 Å². The highest BCUT2D eigenvalue weighted by Crippen LogP contribution is 2.36. The summed E-state index contributed by atoms with van der Waals surface area (Å²) in [6, 6.07) is 13.0. The van der Waals surface area contributed by atoms with Gasteiger partial charge < -0.3 is 14.6 Å². The number of fused-ring (bicyclic) bond motifs is 1. The first-order valence-electron chi connectivity index (χ1n) is 7.94. The molecule has 7 nitrogen and oxygen atoms in total. The standard InChI is InChI=1S/C17H16N4O3S/c22-21(23)15-11-12(20-7-9-24-10-8-20)5-6-16(15)25-17-18-13-3-1-2-4-14(13)19-17/h1-6,11H,7-10H2,(H,18,19). The molecule has 0 spiro atoms. The third kappa shape index (κ3) is 3.31. The second-order valence-corrected chi connectivity index (χ2v) is 6.70. The maximum absolute atomic E-state index is 11.5. The van der Waals surface area contributed by atoms with E-state index in [2.05, 4.69) is 14.9 Å². The summed E-state index contributed by atoms with van der Waals surface area (Å²) in [4.78, 5) is 21.5. The van der Waals surface area contributed by atoms with E-state index in [4.69, 9.17) is 4.74 Å². The lowest BCUT2D eigenvalue weighted by Crippen LogP contribution is -2.36. The zero-order valence-electron chi connectivity index (χ0n) is 13.3. The van der Waals surface area contributed by atoms with Gasteiger partial charge in [0.15, 0.2) is 5.16 Å². The number of anilines is 1. The minimum absolute atomic E-state index is 0.0921. The average molecular weight is 356 g/mol. The number of ether oxygens (including phenoxy) is 1. The van der Waals surface area contributed by atoms with Gasteiger partial charge in [0.25, 0.3) is 5.69 Å². The van der Waals surface area contributed by atoms with E-state index < -0.39 is 0 Å². The fourth-order valence-corrected chi connectivity index (χ4v) is 3.72. The molecule has 1 fully saturated rings. The Hall–Kier alpha value is -2.58. The Labute approximate surface area is 148 Å². The van der Waals surface area contributed by atoms with Crippen LogP contribution in [0, 0.1) is 10.1 Å². The molecular formula is C17H16N4O3S. The maximum Gasteiger partial charge on any atom is 0.285 e. The van der Waals surface area contributed by atoms with Crippen molar-refractivity contribution in [3.05, 3.63) is 52.6 Å². The number of H-pyrrole nitrogens is 1. The fraction of sp³-hybridized carbons (Fsp3) is 0.235. The highest BCUT2D eigenvalue weighted by Gasteiger charge is 2.20. The quantitative estimate of drug-likeness (QED) is 0.569.